The highest BCUT2D eigenvalue weighted by atomic mass is 16.6. The number of carbonyl (C=O) groups excluding carboxylic acids is 2. The first-order valence-electron chi connectivity index (χ1n) is 13.8. The summed E-state index contributed by atoms with van der Waals surface area (Å²) in [6.45, 7) is 15.9. The second-order valence-corrected chi connectivity index (χ2v) is 13.6. The molecule has 0 amide bonds. The number of ether oxygens (including phenoxy) is 3. The predicted molar refractivity (Wildman–Crippen MR) is 137 cm³/mol. The van der Waals surface area contributed by atoms with E-state index in [0.717, 1.165) is 25.7 Å². The van der Waals surface area contributed by atoms with Crippen molar-refractivity contribution in [1.29, 1.82) is 0 Å². The fraction of sp³-hybridized carbons (Fsp3) is 0.767. The summed E-state index contributed by atoms with van der Waals surface area (Å²) in [4.78, 5) is 37.2. The van der Waals surface area contributed by atoms with Gasteiger partial charge in [-0.2, -0.15) is 0 Å². The molecule has 0 radical (unpaired) electrons. The van der Waals surface area contributed by atoms with Crippen LogP contribution >= 0.6 is 0 Å². The van der Waals surface area contributed by atoms with Crippen LogP contribution in [0.3, 0.4) is 0 Å². The highest BCUT2D eigenvalue weighted by Crippen LogP contribution is 2.71. The van der Waals surface area contributed by atoms with Crippen LogP contribution in [-0.4, -0.2) is 29.7 Å². The van der Waals surface area contributed by atoms with Crippen LogP contribution in [0.25, 0.3) is 0 Å². The van der Waals surface area contributed by atoms with Crippen molar-refractivity contribution in [3.05, 3.63) is 27.6 Å². The van der Waals surface area contributed by atoms with Crippen LogP contribution < -0.4 is 10.2 Å². The average Bonchev–Trinajstić information content (AvgIpc) is 2.74. The largest absolute Gasteiger partial charge is 0.459 e. The summed E-state index contributed by atoms with van der Waals surface area (Å²) in [6, 6.07) is 1.56. The molecule has 3 aliphatic carbocycles. The monoisotopic (exact) mass is 514 g/mol. The van der Waals surface area contributed by atoms with Gasteiger partial charge in [0.15, 0.2) is 5.43 Å². The first-order chi connectivity index (χ1) is 17.1. The summed E-state index contributed by atoms with van der Waals surface area (Å²) in [5.41, 5.74) is -0.339. The number of hydrogen-bond acceptors (Lipinski definition) is 7. The Bertz CT molecular complexity index is 1180. The van der Waals surface area contributed by atoms with Crippen LogP contribution in [-0.2, 0) is 25.5 Å². The topological polar surface area (TPSA) is 92.0 Å². The van der Waals surface area contributed by atoms with E-state index >= 15 is 0 Å². The van der Waals surface area contributed by atoms with Crippen molar-refractivity contribution in [3.63, 3.8) is 0 Å². The van der Waals surface area contributed by atoms with Crippen molar-refractivity contribution < 1.29 is 28.2 Å². The van der Waals surface area contributed by atoms with E-state index in [1.807, 2.05) is 0 Å². The van der Waals surface area contributed by atoms with Gasteiger partial charge in [0, 0.05) is 31.2 Å². The zero-order valence-electron chi connectivity index (χ0n) is 23.6. The quantitative estimate of drug-likeness (QED) is 0.489. The maximum Gasteiger partial charge on any atom is 0.303 e. The Kier molecular flexibility index (Phi) is 5.93. The van der Waals surface area contributed by atoms with E-state index in [-0.39, 0.29) is 39.5 Å². The zero-order valence-corrected chi connectivity index (χ0v) is 23.6. The van der Waals surface area contributed by atoms with Crippen molar-refractivity contribution in [2.24, 2.45) is 34.0 Å². The molecule has 1 aromatic heterocycles. The van der Waals surface area contributed by atoms with Crippen molar-refractivity contribution in [1.82, 2.24) is 0 Å². The Labute approximate surface area is 219 Å². The second kappa shape index (κ2) is 8.34. The van der Waals surface area contributed by atoms with Gasteiger partial charge in [-0.3, -0.25) is 14.4 Å². The molecule has 4 aliphatic rings. The molecule has 0 spiro atoms. The highest BCUT2D eigenvalue weighted by Gasteiger charge is 2.69. The fourth-order valence-electron chi connectivity index (χ4n) is 9.65. The van der Waals surface area contributed by atoms with Crippen LogP contribution in [0.15, 0.2) is 15.3 Å². The van der Waals surface area contributed by atoms with Gasteiger partial charge in [-0.05, 0) is 75.0 Å². The molecule has 0 saturated heterocycles. The lowest BCUT2D eigenvalue weighted by molar-refractivity contribution is -0.255. The fourth-order valence-corrected chi connectivity index (χ4v) is 9.65. The number of fused-ring (bicyclic) bond motifs is 6. The third-order valence-corrected chi connectivity index (χ3v) is 10.9. The molecule has 3 fully saturated rings. The Morgan fingerprint density at radius 1 is 0.919 bits per heavy atom. The van der Waals surface area contributed by atoms with Gasteiger partial charge in [0.25, 0.3) is 5.95 Å². The van der Waals surface area contributed by atoms with Crippen molar-refractivity contribution in [2.75, 3.05) is 0 Å². The molecule has 204 valence electrons. The minimum Gasteiger partial charge on any atom is -0.459 e. The molecule has 1 aliphatic heterocycles. The van der Waals surface area contributed by atoms with Gasteiger partial charge in [0.1, 0.15) is 23.6 Å². The molecule has 37 heavy (non-hydrogen) atoms. The molecule has 7 heteroatoms. The van der Waals surface area contributed by atoms with Gasteiger partial charge in [-0.25, -0.2) is 0 Å². The van der Waals surface area contributed by atoms with Crippen LogP contribution in [0.4, 0.5) is 0 Å². The maximum atomic E-state index is 12.9. The third-order valence-electron chi connectivity index (χ3n) is 10.9. The average molecular weight is 515 g/mol. The Balaban J connectivity index is 1.56. The summed E-state index contributed by atoms with van der Waals surface area (Å²) in [6.07, 6.45) is 4.14. The van der Waals surface area contributed by atoms with Gasteiger partial charge in [0.05, 0.1) is 5.56 Å². The lowest BCUT2D eigenvalue weighted by Crippen LogP contribution is -2.68. The molecular formula is C30H42O7. The summed E-state index contributed by atoms with van der Waals surface area (Å²) in [5, 5.41) is 0. The van der Waals surface area contributed by atoms with Crippen molar-refractivity contribution in [3.8, 4) is 5.95 Å². The van der Waals surface area contributed by atoms with Crippen molar-refractivity contribution in [2.45, 2.75) is 112 Å². The molecule has 7 nitrogen and oxygen atoms in total. The number of hydrogen-bond donors (Lipinski definition) is 0. The maximum absolute atomic E-state index is 12.9. The molecule has 0 unspecified atom stereocenters. The molecule has 8 atom stereocenters. The number of carbonyl (C=O) groups is 2. The van der Waals surface area contributed by atoms with Gasteiger partial charge in [-0.15, -0.1) is 0 Å². The second-order valence-electron chi connectivity index (χ2n) is 13.6. The Morgan fingerprint density at radius 2 is 1.57 bits per heavy atom. The smallest absolute Gasteiger partial charge is 0.303 e. The Morgan fingerprint density at radius 3 is 2.22 bits per heavy atom. The van der Waals surface area contributed by atoms with Crippen LogP contribution in [0.2, 0.25) is 0 Å². The van der Waals surface area contributed by atoms with E-state index in [2.05, 4.69) is 34.6 Å². The van der Waals surface area contributed by atoms with Crippen molar-refractivity contribution >= 4 is 11.9 Å². The highest BCUT2D eigenvalue weighted by molar-refractivity contribution is 5.67. The van der Waals surface area contributed by atoms with Gasteiger partial charge in [-0.1, -0.05) is 27.7 Å². The summed E-state index contributed by atoms with van der Waals surface area (Å²) in [7, 11) is 0. The minimum absolute atomic E-state index is 0.00985. The minimum atomic E-state index is -0.494. The van der Waals surface area contributed by atoms with E-state index in [1.165, 1.54) is 13.8 Å². The molecule has 0 bridgehead atoms. The number of esters is 2. The van der Waals surface area contributed by atoms with E-state index in [4.69, 9.17) is 18.6 Å². The molecule has 0 aromatic carbocycles. The molecule has 2 heterocycles. The first-order valence-corrected chi connectivity index (χ1v) is 13.8. The SMILES string of the molecule is CC(=O)O[C@H]1C[C@]2(C)[C@H]3CC[C@]4(C)Oc5oc(C)cc(=O)c5C[C@H]4[C@]3(C)CC[C@H]2C(C)(C)[C@H]1OC(C)=O. The predicted octanol–water partition coefficient (Wildman–Crippen LogP) is 5.38. The zero-order chi connectivity index (χ0) is 27.1. The Hall–Kier alpha value is -2.31. The van der Waals surface area contributed by atoms with Crippen LogP contribution in [0.5, 0.6) is 5.95 Å². The molecule has 3 saturated carbocycles. The summed E-state index contributed by atoms with van der Waals surface area (Å²) in [5.74, 6) is 1.06. The van der Waals surface area contributed by atoms with Crippen LogP contribution in [0.1, 0.15) is 91.9 Å². The molecule has 0 N–H and O–H groups in total. The van der Waals surface area contributed by atoms with E-state index in [0.29, 0.717) is 41.9 Å². The summed E-state index contributed by atoms with van der Waals surface area (Å²) < 4.78 is 24.2. The van der Waals surface area contributed by atoms with Crippen LogP contribution in [0, 0.1) is 40.9 Å². The van der Waals surface area contributed by atoms with Gasteiger partial charge < -0.3 is 18.6 Å². The first kappa shape index (κ1) is 26.3. The number of aryl methyl sites for hydroxylation is 1. The van der Waals surface area contributed by atoms with Gasteiger partial charge >= 0.3 is 11.9 Å². The lowest BCUT2D eigenvalue weighted by Gasteiger charge is -2.69. The van der Waals surface area contributed by atoms with Gasteiger partial charge in [0.2, 0.25) is 0 Å². The molecule has 5 rings (SSSR count). The van der Waals surface area contributed by atoms with E-state index in [1.54, 1.807) is 13.0 Å². The third kappa shape index (κ3) is 3.85. The summed E-state index contributed by atoms with van der Waals surface area (Å²) >= 11 is 0. The number of rotatable bonds is 2. The van der Waals surface area contributed by atoms with E-state index < -0.39 is 17.8 Å². The molecular weight excluding hydrogens is 472 g/mol. The standard InChI is InChI=1S/C30H42O7/c1-16-13-20(33)19-14-24-28(6)11-9-22-27(4,5)25(36-18(3)32)21(35-17(2)31)15-29(22,7)23(28)10-12-30(24,8)37-26(19)34-16/h13,21-25H,9-12,14-15H2,1-8H3/t21-,22-,23-,24-,25-,28+,29-,30-/m0/s1. The van der Waals surface area contributed by atoms with E-state index in [9.17, 15) is 14.4 Å². The molecule has 1 aromatic rings. The normalized spacial score (nSPS) is 41.7. The lowest BCUT2D eigenvalue weighted by atomic mass is 9.37.